The second-order valence-corrected chi connectivity index (χ2v) is 4.60. The predicted molar refractivity (Wildman–Crippen MR) is 78.2 cm³/mol. The first-order valence-electron chi connectivity index (χ1n) is 6.56. The lowest BCUT2D eigenvalue weighted by Gasteiger charge is -2.07. The van der Waals surface area contributed by atoms with Crippen LogP contribution in [0, 0.1) is 6.92 Å². The smallest absolute Gasteiger partial charge is 0.337 e. The molecule has 0 aromatic heterocycles. The van der Waals surface area contributed by atoms with Crippen LogP contribution in [0.4, 0.5) is 0 Å². The molecule has 0 aliphatic rings. The highest BCUT2D eigenvalue weighted by molar-refractivity contribution is 5.89. The summed E-state index contributed by atoms with van der Waals surface area (Å²) >= 11 is 0. The number of aryl methyl sites for hydroxylation is 1. The normalized spacial score (nSPS) is 10.1. The van der Waals surface area contributed by atoms with Gasteiger partial charge in [-0.2, -0.15) is 0 Å². The summed E-state index contributed by atoms with van der Waals surface area (Å²) in [6, 6.07) is 15.4. The van der Waals surface area contributed by atoms with Crippen molar-refractivity contribution in [3.05, 3.63) is 65.2 Å². The molecule has 0 atom stereocenters. The topological polar surface area (TPSA) is 35.5 Å². The van der Waals surface area contributed by atoms with Gasteiger partial charge in [0.1, 0.15) is 5.75 Å². The number of benzene rings is 2. The van der Waals surface area contributed by atoms with Crippen molar-refractivity contribution in [1.29, 1.82) is 0 Å². The van der Waals surface area contributed by atoms with E-state index in [1.807, 2.05) is 43.3 Å². The molecule has 0 unspecified atom stereocenters. The van der Waals surface area contributed by atoms with Crippen LogP contribution in [0.2, 0.25) is 0 Å². The van der Waals surface area contributed by atoms with E-state index in [-0.39, 0.29) is 5.97 Å². The van der Waals surface area contributed by atoms with Crippen LogP contribution in [0.5, 0.6) is 5.75 Å². The lowest BCUT2D eigenvalue weighted by Crippen LogP contribution is -2.03. The molecule has 3 heteroatoms. The van der Waals surface area contributed by atoms with E-state index >= 15 is 0 Å². The van der Waals surface area contributed by atoms with Crippen molar-refractivity contribution in [2.75, 3.05) is 13.7 Å². The minimum atomic E-state index is -0.312. The Morgan fingerprint density at radius 2 is 1.85 bits per heavy atom. The number of methoxy groups -OCH3 is 1. The lowest BCUT2D eigenvalue weighted by atomic mass is 10.1. The van der Waals surface area contributed by atoms with Gasteiger partial charge in [-0.1, -0.05) is 24.3 Å². The van der Waals surface area contributed by atoms with E-state index in [1.165, 1.54) is 12.7 Å². The molecule has 0 N–H and O–H groups in total. The van der Waals surface area contributed by atoms with E-state index in [2.05, 4.69) is 4.74 Å². The zero-order valence-corrected chi connectivity index (χ0v) is 11.8. The first-order chi connectivity index (χ1) is 9.69. The molecule has 104 valence electrons. The first-order valence-corrected chi connectivity index (χ1v) is 6.56. The molecule has 0 fully saturated rings. The Hall–Kier alpha value is -2.29. The number of rotatable bonds is 5. The summed E-state index contributed by atoms with van der Waals surface area (Å²) in [7, 11) is 1.38. The Balaban J connectivity index is 1.86. The summed E-state index contributed by atoms with van der Waals surface area (Å²) in [6.45, 7) is 2.65. The first kappa shape index (κ1) is 14.1. The fourth-order valence-electron chi connectivity index (χ4n) is 1.92. The molecule has 20 heavy (non-hydrogen) atoms. The van der Waals surface area contributed by atoms with Gasteiger partial charge >= 0.3 is 5.97 Å². The Morgan fingerprint density at radius 3 is 2.50 bits per heavy atom. The van der Waals surface area contributed by atoms with Crippen molar-refractivity contribution in [2.45, 2.75) is 13.3 Å². The predicted octanol–water partition coefficient (Wildman–Crippen LogP) is 3.40. The third-order valence-electron chi connectivity index (χ3n) is 3.02. The third-order valence-corrected chi connectivity index (χ3v) is 3.02. The third kappa shape index (κ3) is 3.85. The quantitative estimate of drug-likeness (QED) is 0.781. The summed E-state index contributed by atoms with van der Waals surface area (Å²) in [5, 5.41) is 0. The molecular weight excluding hydrogens is 252 g/mol. The summed E-state index contributed by atoms with van der Waals surface area (Å²) in [6.07, 6.45) is 0.801. The van der Waals surface area contributed by atoms with Gasteiger partial charge in [0, 0.05) is 6.42 Å². The molecule has 0 radical (unpaired) electrons. The molecule has 3 nitrogen and oxygen atoms in total. The van der Waals surface area contributed by atoms with Crippen molar-refractivity contribution < 1.29 is 14.3 Å². The van der Waals surface area contributed by atoms with Crippen LogP contribution in [0.3, 0.4) is 0 Å². The van der Waals surface area contributed by atoms with Gasteiger partial charge in [0.2, 0.25) is 0 Å². The SMILES string of the molecule is COC(=O)c1ccc(CCOc2cccc(C)c2)cc1. The van der Waals surface area contributed by atoms with Gasteiger partial charge in [0.05, 0.1) is 19.3 Å². The monoisotopic (exact) mass is 270 g/mol. The highest BCUT2D eigenvalue weighted by atomic mass is 16.5. The average molecular weight is 270 g/mol. The molecule has 2 rings (SSSR count). The molecule has 2 aromatic rings. The average Bonchev–Trinajstić information content (AvgIpc) is 2.47. The molecule has 0 amide bonds. The molecule has 0 heterocycles. The minimum absolute atomic E-state index is 0.312. The van der Waals surface area contributed by atoms with Gasteiger partial charge in [-0.05, 0) is 42.3 Å². The summed E-state index contributed by atoms with van der Waals surface area (Å²) in [5.41, 5.74) is 2.88. The lowest BCUT2D eigenvalue weighted by molar-refractivity contribution is 0.0600. The van der Waals surface area contributed by atoms with Crippen LogP contribution in [0.15, 0.2) is 48.5 Å². The van der Waals surface area contributed by atoms with Crippen molar-refractivity contribution in [2.24, 2.45) is 0 Å². The van der Waals surface area contributed by atoms with Crippen molar-refractivity contribution in [3.63, 3.8) is 0 Å². The zero-order valence-electron chi connectivity index (χ0n) is 11.8. The Morgan fingerprint density at radius 1 is 1.10 bits per heavy atom. The fourth-order valence-corrected chi connectivity index (χ4v) is 1.92. The Kier molecular flexibility index (Phi) is 4.77. The van der Waals surface area contributed by atoms with Crippen LogP contribution < -0.4 is 4.74 Å². The highest BCUT2D eigenvalue weighted by Crippen LogP contribution is 2.13. The molecular formula is C17H18O3. The van der Waals surface area contributed by atoms with Gasteiger partial charge in [-0.25, -0.2) is 4.79 Å². The van der Waals surface area contributed by atoms with Gasteiger partial charge in [-0.3, -0.25) is 0 Å². The number of esters is 1. The van der Waals surface area contributed by atoms with E-state index in [9.17, 15) is 4.79 Å². The maximum absolute atomic E-state index is 11.3. The largest absolute Gasteiger partial charge is 0.493 e. The van der Waals surface area contributed by atoms with Gasteiger partial charge in [0.15, 0.2) is 0 Å². The van der Waals surface area contributed by atoms with E-state index in [0.29, 0.717) is 12.2 Å². The van der Waals surface area contributed by atoms with E-state index in [4.69, 9.17) is 4.74 Å². The van der Waals surface area contributed by atoms with Crippen LogP contribution in [-0.4, -0.2) is 19.7 Å². The van der Waals surface area contributed by atoms with E-state index in [1.54, 1.807) is 12.1 Å². The van der Waals surface area contributed by atoms with Crippen molar-refractivity contribution >= 4 is 5.97 Å². The minimum Gasteiger partial charge on any atom is -0.493 e. The summed E-state index contributed by atoms with van der Waals surface area (Å²) < 4.78 is 10.4. The second-order valence-electron chi connectivity index (χ2n) is 4.60. The van der Waals surface area contributed by atoms with E-state index < -0.39 is 0 Å². The molecule has 0 saturated heterocycles. The number of hydrogen-bond acceptors (Lipinski definition) is 3. The Bertz CT molecular complexity index is 573. The van der Waals surface area contributed by atoms with Crippen LogP contribution in [0.1, 0.15) is 21.5 Å². The fraction of sp³-hybridized carbons (Fsp3) is 0.235. The number of ether oxygens (including phenoxy) is 2. The van der Waals surface area contributed by atoms with Crippen LogP contribution in [0.25, 0.3) is 0 Å². The number of hydrogen-bond donors (Lipinski definition) is 0. The Labute approximate surface area is 119 Å². The highest BCUT2D eigenvalue weighted by Gasteiger charge is 2.04. The van der Waals surface area contributed by atoms with E-state index in [0.717, 1.165) is 17.7 Å². The van der Waals surface area contributed by atoms with Gasteiger partial charge in [-0.15, -0.1) is 0 Å². The molecule has 2 aromatic carbocycles. The number of carbonyl (C=O) groups excluding carboxylic acids is 1. The molecule has 0 spiro atoms. The van der Waals surface area contributed by atoms with Crippen molar-refractivity contribution in [3.8, 4) is 5.75 Å². The standard InChI is InChI=1S/C17H18O3/c1-13-4-3-5-16(12-13)20-11-10-14-6-8-15(9-7-14)17(18)19-2/h3-9,12H,10-11H2,1-2H3. The summed E-state index contributed by atoms with van der Waals surface area (Å²) in [4.78, 5) is 11.3. The van der Waals surface area contributed by atoms with Crippen LogP contribution >= 0.6 is 0 Å². The maximum atomic E-state index is 11.3. The van der Waals surface area contributed by atoms with Gasteiger partial charge < -0.3 is 9.47 Å². The second kappa shape index (κ2) is 6.75. The molecule has 0 bridgehead atoms. The van der Waals surface area contributed by atoms with Gasteiger partial charge in [0.25, 0.3) is 0 Å². The van der Waals surface area contributed by atoms with Crippen molar-refractivity contribution in [1.82, 2.24) is 0 Å². The molecule has 0 aliphatic heterocycles. The van der Waals surface area contributed by atoms with Crippen LogP contribution in [-0.2, 0) is 11.2 Å². The molecule has 0 aliphatic carbocycles. The number of carbonyl (C=O) groups is 1. The summed E-state index contributed by atoms with van der Waals surface area (Å²) in [5.74, 6) is 0.573. The maximum Gasteiger partial charge on any atom is 0.337 e. The zero-order chi connectivity index (χ0) is 14.4. The molecule has 0 saturated carbocycles.